The van der Waals surface area contributed by atoms with E-state index < -0.39 is 0 Å². The number of carbonyl (C=O) groups is 1. The molecule has 16 heavy (non-hydrogen) atoms. The molecule has 0 unspecified atom stereocenters. The van der Waals surface area contributed by atoms with Crippen molar-refractivity contribution in [2.45, 2.75) is 38.2 Å². The largest absolute Gasteiger partial charge is 0.367 e. The Balaban J connectivity index is 2.10. The van der Waals surface area contributed by atoms with Crippen LogP contribution in [0.15, 0.2) is 6.20 Å². The lowest BCUT2D eigenvalue weighted by Gasteiger charge is -2.16. The molecule has 0 spiro atoms. The first-order valence-electron chi connectivity index (χ1n) is 5.85. The summed E-state index contributed by atoms with van der Waals surface area (Å²) in [5.74, 6) is 0.894. The highest BCUT2D eigenvalue weighted by molar-refractivity contribution is 5.71. The van der Waals surface area contributed by atoms with Gasteiger partial charge in [-0.2, -0.15) is 0 Å². The predicted molar refractivity (Wildman–Crippen MR) is 60.4 cm³/mol. The summed E-state index contributed by atoms with van der Waals surface area (Å²) < 4.78 is 7.75. The number of aldehydes is 1. The van der Waals surface area contributed by atoms with Crippen LogP contribution < -0.4 is 0 Å². The van der Waals surface area contributed by atoms with Crippen LogP contribution in [0, 0.1) is 0 Å². The van der Waals surface area contributed by atoms with Gasteiger partial charge in [-0.1, -0.05) is 13.3 Å². The van der Waals surface area contributed by atoms with Crippen LogP contribution in [0.5, 0.6) is 0 Å². The monoisotopic (exact) mass is 222 g/mol. The van der Waals surface area contributed by atoms with Gasteiger partial charge in [-0.25, -0.2) is 4.98 Å². The molecule has 1 aliphatic rings. The molecule has 1 aliphatic carbocycles. The zero-order chi connectivity index (χ0) is 11.6. The normalized spacial score (nSPS) is 17.4. The molecule has 0 aromatic carbocycles. The van der Waals surface area contributed by atoms with Crippen LogP contribution in [0.2, 0.25) is 0 Å². The minimum absolute atomic E-state index is 0.203. The third kappa shape index (κ3) is 1.89. The van der Waals surface area contributed by atoms with Crippen LogP contribution in [0.3, 0.4) is 0 Å². The first kappa shape index (κ1) is 11.3. The van der Waals surface area contributed by atoms with Crippen LogP contribution in [0.1, 0.15) is 48.9 Å². The average Bonchev–Trinajstić information content (AvgIpc) is 2.96. The lowest BCUT2D eigenvalue weighted by atomic mass is 10.3. The highest BCUT2D eigenvalue weighted by Crippen LogP contribution is 2.48. The van der Waals surface area contributed by atoms with Gasteiger partial charge in [0.15, 0.2) is 6.29 Å². The zero-order valence-electron chi connectivity index (χ0n) is 9.90. The highest BCUT2D eigenvalue weighted by atomic mass is 16.5. The molecular formula is C12H18N2O2. The lowest BCUT2D eigenvalue weighted by Crippen LogP contribution is -2.18. The summed E-state index contributed by atoms with van der Waals surface area (Å²) in [5.41, 5.74) is 0.408. The van der Waals surface area contributed by atoms with Crippen LogP contribution in [-0.4, -0.2) is 22.4 Å². The number of rotatable bonds is 6. The van der Waals surface area contributed by atoms with E-state index in [2.05, 4.69) is 11.9 Å². The SMILES string of the molecule is CCCCOC1(c2ncc(C=O)n2C)CC1. The van der Waals surface area contributed by atoms with Crippen LogP contribution in [0.25, 0.3) is 0 Å². The maximum Gasteiger partial charge on any atom is 0.168 e. The van der Waals surface area contributed by atoms with Crippen molar-refractivity contribution in [2.24, 2.45) is 7.05 Å². The molecule has 1 saturated carbocycles. The number of hydrogen-bond donors (Lipinski definition) is 0. The van der Waals surface area contributed by atoms with Gasteiger partial charge in [0.2, 0.25) is 0 Å². The first-order chi connectivity index (χ1) is 7.73. The second kappa shape index (κ2) is 4.37. The summed E-state index contributed by atoms with van der Waals surface area (Å²) in [7, 11) is 1.87. The number of aromatic nitrogens is 2. The fraction of sp³-hybridized carbons (Fsp3) is 0.667. The molecule has 1 aromatic heterocycles. The van der Waals surface area contributed by atoms with Gasteiger partial charge in [-0.3, -0.25) is 4.79 Å². The fourth-order valence-corrected chi connectivity index (χ4v) is 1.91. The van der Waals surface area contributed by atoms with Crippen molar-refractivity contribution >= 4 is 6.29 Å². The van der Waals surface area contributed by atoms with Crippen molar-refractivity contribution in [1.82, 2.24) is 9.55 Å². The molecule has 1 heterocycles. The van der Waals surface area contributed by atoms with Crippen molar-refractivity contribution in [3.05, 3.63) is 17.7 Å². The van der Waals surface area contributed by atoms with E-state index in [4.69, 9.17) is 4.74 Å². The molecule has 88 valence electrons. The Morgan fingerprint density at radius 1 is 1.62 bits per heavy atom. The molecule has 2 rings (SSSR count). The average molecular weight is 222 g/mol. The summed E-state index contributed by atoms with van der Waals surface area (Å²) in [6, 6.07) is 0. The Kier molecular flexibility index (Phi) is 3.10. The van der Waals surface area contributed by atoms with Gasteiger partial charge in [0.05, 0.1) is 6.20 Å². The van der Waals surface area contributed by atoms with E-state index in [1.807, 2.05) is 11.6 Å². The minimum Gasteiger partial charge on any atom is -0.367 e. The number of unbranched alkanes of at least 4 members (excludes halogenated alkanes) is 1. The molecule has 4 nitrogen and oxygen atoms in total. The Morgan fingerprint density at radius 2 is 2.38 bits per heavy atom. The van der Waals surface area contributed by atoms with E-state index in [1.165, 1.54) is 0 Å². The molecule has 0 atom stereocenters. The third-order valence-electron chi connectivity index (χ3n) is 3.13. The van der Waals surface area contributed by atoms with E-state index in [-0.39, 0.29) is 5.60 Å². The molecule has 0 bridgehead atoms. The summed E-state index contributed by atoms with van der Waals surface area (Å²) in [6.45, 7) is 2.92. The van der Waals surface area contributed by atoms with E-state index in [0.717, 1.165) is 44.4 Å². The van der Waals surface area contributed by atoms with Crippen molar-refractivity contribution in [2.75, 3.05) is 6.61 Å². The van der Waals surface area contributed by atoms with Gasteiger partial charge in [-0.05, 0) is 19.3 Å². The van der Waals surface area contributed by atoms with Gasteiger partial charge in [0, 0.05) is 13.7 Å². The molecule has 0 radical (unpaired) electrons. The number of hydrogen-bond acceptors (Lipinski definition) is 3. The number of imidazole rings is 1. The van der Waals surface area contributed by atoms with Crippen molar-refractivity contribution in [3.8, 4) is 0 Å². The van der Waals surface area contributed by atoms with Crippen LogP contribution in [0.4, 0.5) is 0 Å². The Bertz CT molecular complexity index is 380. The summed E-state index contributed by atoms with van der Waals surface area (Å²) in [6.07, 6.45) is 6.69. The second-order valence-corrected chi connectivity index (χ2v) is 4.38. The zero-order valence-corrected chi connectivity index (χ0v) is 9.90. The molecular weight excluding hydrogens is 204 g/mol. The second-order valence-electron chi connectivity index (χ2n) is 4.38. The number of carbonyl (C=O) groups excluding carboxylic acids is 1. The van der Waals surface area contributed by atoms with Crippen LogP contribution >= 0.6 is 0 Å². The predicted octanol–water partition coefficient (Wildman–Crippen LogP) is 2.04. The van der Waals surface area contributed by atoms with Crippen molar-refractivity contribution in [1.29, 1.82) is 0 Å². The standard InChI is InChI=1S/C12H18N2O2/c1-3-4-7-16-12(5-6-12)11-13-8-10(9-15)14(11)2/h8-9H,3-7H2,1-2H3. The smallest absolute Gasteiger partial charge is 0.168 e. The fourth-order valence-electron chi connectivity index (χ4n) is 1.91. The molecule has 4 heteroatoms. The van der Waals surface area contributed by atoms with Gasteiger partial charge >= 0.3 is 0 Å². The van der Waals surface area contributed by atoms with Gasteiger partial charge in [0.25, 0.3) is 0 Å². The van der Waals surface area contributed by atoms with E-state index >= 15 is 0 Å². The highest BCUT2D eigenvalue weighted by Gasteiger charge is 2.49. The first-order valence-corrected chi connectivity index (χ1v) is 5.85. The number of ether oxygens (including phenoxy) is 1. The van der Waals surface area contributed by atoms with Crippen LogP contribution in [-0.2, 0) is 17.4 Å². The molecule has 1 fully saturated rings. The molecule has 0 amide bonds. The summed E-state index contributed by atoms with van der Waals surface area (Å²) in [4.78, 5) is 15.1. The summed E-state index contributed by atoms with van der Waals surface area (Å²) >= 11 is 0. The molecule has 0 saturated heterocycles. The minimum atomic E-state index is -0.203. The van der Waals surface area contributed by atoms with Gasteiger partial charge < -0.3 is 9.30 Å². The number of nitrogens with zero attached hydrogens (tertiary/aromatic N) is 2. The lowest BCUT2D eigenvalue weighted by molar-refractivity contribution is 0.0203. The van der Waals surface area contributed by atoms with Crippen molar-refractivity contribution in [3.63, 3.8) is 0 Å². The van der Waals surface area contributed by atoms with E-state index in [9.17, 15) is 4.79 Å². The Hall–Kier alpha value is -1.16. The van der Waals surface area contributed by atoms with Gasteiger partial charge in [-0.15, -0.1) is 0 Å². The topological polar surface area (TPSA) is 44.1 Å². The molecule has 0 aliphatic heterocycles. The maximum absolute atomic E-state index is 10.7. The van der Waals surface area contributed by atoms with Gasteiger partial charge in [0.1, 0.15) is 17.1 Å². The quantitative estimate of drug-likeness (QED) is 0.546. The summed E-state index contributed by atoms with van der Waals surface area (Å²) in [5, 5.41) is 0. The third-order valence-corrected chi connectivity index (χ3v) is 3.13. The van der Waals surface area contributed by atoms with Crippen molar-refractivity contribution < 1.29 is 9.53 Å². The van der Waals surface area contributed by atoms with E-state index in [0.29, 0.717) is 5.69 Å². The Labute approximate surface area is 95.6 Å². The maximum atomic E-state index is 10.7. The molecule has 0 N–H and O–H groups in total. The van der Waals surface area contributed by atoms with E-state index in [1.54, 1.807) is 6.20 Å². The molecule has 1 aromatic rings. The Morgan fingerprint density at radius 3 is 2.88 bits per heavy atom.